The minimum atomic E-state index is -0.473. The van der Waals surface area contributed by atoms with Crippen LogP contribution >= 0.6 is 0 Å². The van der Waals surface area contributed by atoms with Gasteiger partial charge in [-0.25, -0.2) is 4.98 Å². The van der Waals surface area contributed by atoms with E-state index in [-0.39, 0.29) is 11.9 Å². The first-order valence-electron chi connectivity index (χ1n) is 12.9. The van der Waals surface area contributed by atoms with Crippen molar-refractivity contribution in [2.75, 3.05) is 0 Å². The molecule has 4 heteroatoms. The largest absolute Gasteiger partial charge is 0.459 e. The number of aromatic nitrogens is 2. The van der Waals surface area contributed by atoms with Crippen LogP contribution in [-0.2, 0) is 16.0 Å². The molecule has 0 unspecified atom stereocenters. The number of benzene rings is 2. The third kappa shape index (κ3) is 4.84. The van der Waals surface area contributed by atoms with Crippen molar-refractivity contribution in [2.24, 2.45) is 5.92 Å². The van der Waals surface area contributed by atoms with Crippen molar-refractivity contribution in [2.45, 2.75) is 78.2 Å². The molecule has 2 aromatic carbocycles. The maximum Gasteiger partial charge on any atom is 0.314 e. The van der Waals surface area contributed by atoms with E-state index >= 15 is 0 Å². The molecule has 1 saturated carbocycles. The summed E-state index contributed by atoms with van der Waals surface area (Å²) in [4.78, 5) is 17.9. The molecule has 0 aliphatic heterocycles. The Balaban J connectivity index is 1.44. The number of hydrogen-bond acceptors (Lipinski definition) is 3. The van der Waals surface area contributed by atoms with Crippen LogP contribution in [0.4, 0.5) is 0 Å². The zero-order chi connectivity index (χ0) is 24.7. The SMILES string of the molecule is Cc1cc(C)n2c(cc3c(Cc4ccc([C@H](C(=O)OC(C)(C)C)C5CCCC5)cc4)cccc32)n1. The zero-order valence-corrected chi connectivity index (χ0v) is 21.6. The molecule has 4 aromatic rings. The van der Waals surface area contributed by atoms with Crippen LogP contribution < -0.4 is 0 Å². The predicted octanol–water partition coefficient (Wildman–Crippen LogP) is 7.31. The lowest BCUT2D eigenvalue weighted by molar-refractivity contribution is -0.158. The van der Waals surface area contributed by atoms with Crippen molar-refractivity contribution in [1.29, 1.82) is 0 Å². The van der Waals surface area contributed by atoms with Crippen LogP contribution in [0.2, 0.25) is 0 Å². The van der Waals surface area contributed by atoms with Gasteiger partial charge in [-0.1, -0.05) is 49.2 Å². The van der Waals surface area contributed by atoms with Gasteiger partial charge < -0.3 is 4.74 Å². The highest BCUT2D eigenvalue weighted by Gasteiger charge is 2.35. The Bertz CT molecular complexity index is 1370. The topological polar surface area (TPSA) is 43.6 Å². The molecule has 1 fully saturated rings. The van der Waals surface area contributed by atoms with Crippen LogP contribution in [0.15, 0.2) is 54.6 Å². The summed E-state index contributed by atoms with van der Waals surface area (Å²) in [6.45, 7) is 10.0. The van der Waals surface area contributed by atoms with E-state index in [4.69, 9.17) is 9.72 Å². The fraction of sp³-hybridized carbons (Fsp3) is 0.419. The van der Waals surface area contributed by atoms with Gasteiger partial charge in [-0.2, -0.15) is 0 Å². The van der Waals surface area contributed by atoms with E-state index in [0.717, 1.165) is 36.2 Å². The van der Waals surface area contributed by atoms with Gasteiger partial charge in [0, 0.05) is 16.8 Å². The van der Waals surface area contributed by atoms with Crippen molar-refractivity contribution in [1.82, 2.24) is 9.38 Å². The summed E-state index contributed by atoms with van der Waals surface area (Å²) in [5.41, 5.74) is 7.57. The highest BCUT2D eigenvalue weighted by atomic mass is 16.6. The average Bonchev–Trinajstić information content (AvgIpc) is 3.42. The van der Waals surface area contributed by atoms with Crippen LogP contribution in [0.3, 0.4) is 0 Å². The Morgan fingerprint density at radius 1 is 1.06 bits per heavy atom. The van der Waals surface area contributed by atoms with Crippen molar-refractivity contribution < 1.29 is 9.53 Å². The average molecular weight is 469 g/mol. The first-order chi connectivity index (χ1) is 16.7. The Labute approximate surface area is 208 Å². The van der Waals surface area contributed by atoms with Gasteiger partial charge in [0.15, 0.2) is 0 Å². The number of hydrogen-bond donors (Lipinski definition) is 0. The van der Waals surface area contributed by atoms with E-state index in [9.17, 15) is 4.79 Å². The Hall–Kier alpha value is -3.14. The number of carbonyl (C=O) groups is 1. The molecule has 182 valence electrons. The fourth-order valence-electron chi connectivity index (χ4n) is 5.78. The summed E-state index contributed by atoms with van der Waals surface area (Å²) in [5, 5.41) is 1.25. The third-order valence-electron chi connectivity index (χ3n) is 7.24. The number of rotatable bonds is 5. The van der Waals surface area contributed by atoms with E-state index in [1.807, 2.05) is 27.7 Å². The Morgan fingerprint density at radius 3 is 2.46 bits per heavy atom. The molecule has 35 heavy (non-hydrogen) atoms. The predicted molar refractivity (Wildman–Crippen MR) is 142 cm³/mol. The quantitative estimate of drug-likeness (QED) is 0.288. The maximum absolute atomic E-state index is 13.2. The Kier molecular flexibility index (Phi) is 6.16. The van der Waals surface area contributed by atoms with Gasteiger partial charge in [-0.3, -0.25) is 9.20 Å². The summed E-state index contributed by atoms with van der Waals surface area (Å²) in [6.07, 6.45) is 5.44. The van der Waals surface area contributed by atoms with Gasteiger partial charge >= 0.3 is 5.97 Å². The van der Waals surface area contributed by atoms with E-state index in [0.29, 0.717) is 5.92 Å². The lowest BCUT2D eigenvalue weighted by Gasteiger charge is -2.27. The standard InChI is InChI=1S/C31H36N2O2/c1-20-17-21(2)33-27-12-8-11-25(26(27)19-28(33)32-20)18-22-13-15-24(16-14-22)29(23-9-6-7-10-23)30(34)35-31(3,4)5/h8,11-17,19,23,29H,6-7,9-10,18H2,1-5H3/t29-/m1/s1. The molecule has 1 aliphatic carbocycles. The molecule has 0 radical (unpaired) electrons. The first-order valence-corrected chi connectivity index (χ1v) is 12.9. The van der Waals surface area contributed by atoms with Crippen LogP contribution in [0, 0.1) is 19.8 Å². The molecule has 5 rings (SSSR count). The summed E-state index contributed by atoms with van der Waals surface area (Å²) < 4.78 is 8.08. The zero-order valence-electron chi connectivity index (χ0n) is 21.6. The van der Waals surface area contributed by atoms with Crippen LogP contribution in [-0.4, -0.2) is 21.0 Å². The minimum absolute atomic E-state index is 0.0828. The van der Waals surface area contributed by atoms with Gasteiger partial charge in [0.2, 0.25) is 0 Å². The van der Waals surface area contributed by atoms with Gasteiger partial charge in [0.05, 0.1) is 11.4 Å². The second-order valence-electron chi connectivity index (χ2n) is 11.2. The van der Waals surface area contributed by atoms with Gasteiger partial charge in [-0.15, -0.1) is 0 Å². The van der Waals surface area contributed by atoms with Crippen molar-refractivity contribution in [3.63, 3.8) is 0 Å². The summed E-state index contributed by atoms with van der Waals surface area (Å²) in [5.74, 6) is 0.112. The van der Waals surface area contributed by atoms with E-state index in [1.54, 1.807) is 0 Å². The second-order valence-corrected chi connectivity index (χ2v) is 11.2. The van der Waals surface area contributed by atoms with Crippen molar-refractivity contribution >= 4 is 22.5 Å². The molecular weight excluding hydrogens is 432 g/mol. The molecule has 0 spiro atoms. The van der Waals surface area contributed by atoms with Crippen molar-refractivity contribution in [3.05, 3.63) is 82.7 Å². The molecule has 0 saturated heterocycles. The monoisotopic (exact) mass is 468 g/mol. The first kappa shape index (κ1) is 23.6. The maximum atomic E-state index is 13.2. The van der Waals surface area contributed by atoms with Crippen LogP contribution in [0.25, 0.3) is 16.6 Å². The molecule has 2 aromatic heterocycles. The summed E-state index contributed by atoms with van der Waals surface area (Å²) >= 11 is 0. The molecule has 1 atom stereocenters. The number of esters is 1. The molecular formula is C31H36N2O2. The van der Waals surface area contributed by atoms with Crippen LogP contribution in [0.5, 0.6) is 0 Å². The molecule has 0 amide bonds. The van der Waals surface area contributed by atoms with E-state index in [2.05, 4.69) is 65.9 Å². The van der Waals surface area contributed by atoms with Gasteiger partial charge in [0.1, 0.15) is 11.2 Å². The van der Waals surface area contributed by atoms with E-state index < -0.39 is 5.60 Å². The third-order valence-corrected chi connectivity index (χ3v) is 7.24. The minimum Gasteiger partial charge on any atom is -0.459 e. The normalized spacial score (nSPS) is 15.7. The highest BCUT2D eigenvalue weighted by molar-refractivity contribution is 5.89. The number of aryl methyl sites for hydroxylation is 2. The smallest absolute Gasteiger partial charge is 0.314 e. The lowest BCUT2D eigenvalue weighted by Crippen LogP contribution is -2.30. The Morgan fingerprint density at radius 2 is 1.77 bits per heavy atom. The number of fused-ring (bicyclic) bond motifs is 3. The second kappa shape index (κ2) is 9.14. The lowest BCUT2D eigenvalue weighted by atomic mass is 9.84. The van der Waals surface area contributed by atoms with Gasteiger partial charge in [0.25, 0.3) is 0 Å². The van der Waals surface area contributed by atoms with Crippen molar-refractivity contribution in [3.8, 4) is 0 Å². The number of nitrogens with zero attached hydrogens (tertiary/aromatic N) is 2. The summed E-state index contributed by atoms with van der Waals surface area (Å²) in [6, 6.07) is 19.5. The molecule has 4 nitrogen and oxygen atoms in total. The molecule has 0 N–H and O–H groups in total. The molecule has 1 aliphatic rings. The molecule has 2 heterocycles. The fourth-order valence-corrected chi connectivity index (χ4v) is 5.78. The number of carbonyl (C=O) groups excluding carboxylic acids is 1. The molecule has 0 bridgehead atoms. The summed E-state index contributed by atoms with van der Waals surface area (Å²) in [7, 11) is 0. The highest BCUT2D eigenvalue weighted by Crippen LogP contribution is 2.39. The van der Waals surface area contributed by atoms with E-state index in [1.165, 1.54) is 40.6 Å². The van der Waals surface area contributed by atoms with Crippen LogP contribution in [0.1, 0.15) is 80.5 Å². The number of ether oxygens (including phenoxy) is 1. The van der Waals surface area contributed by atoms with Gasteiger partial charge in [-0.05, 0) is 94.7 Å².